The third-order valence-corrected chi connectivity index (χ3v) is 5.12. The molecule has 3 rings (SSSR count). The normalized spacial score (nSPS) is 16.8. The number of benzene rings is 2. The molecule has 1 aliphatic heterocycles. The maximum absolute atomic E-state index is 13.0. The monoisotopic (exact) mass is 369 g/mol. The molecule has 6 nitrogen and oxygen atoms in total. The highest BCUT2D eigenvalue weighted by Gasteiger charge is 2.44. The van der Waals surface area contributed by atoms with Gasteiger partial charge in [0.05, 0.1) is 12.2 Å². The molecule has 1 saturated heterocycles. The Morgan fingerprint density at radius 2 is 1.81 bits per heavy atom. The van der Waals surface area contributed by atoms with Crippen molar-refractivity contribution in [2.75, 3.05) is 16.3 Å². The van der Waals surface area contributed by atoms with Gasteiger partial charge in [-0.3, -0.25) is 14.4 Å². The van der Waals surface area contributed by atoms with Gasteiger partial charge in [0.15, 0.2) is 5.37 Å². The number of anilines is 2. The number of carbonyl (C=O) groups is 3. The summed E-state index contributed by atoms with van der Waals surface area (Å²) in [5.74, 6) is -0.951. The average molecular weight is 369 g/mol. The number of nitrogens with zero attached hydrogens (tertiary/aromatic N) is 2. The highest BCUT2D eigenvalue weighted by molar-refractivity contribution is 8.16. The fraction of sp³-hybridized carbons (Fsp3) is 0.211. The van der Waals surface area contributed by atoms with Gasteiger partial charge in [0.1, 0.15) is 0 Å². The van der Waals surface area contributed by atoms with E-state index in [-0.39, 0.29) is 17.7 Å². The summed E-state index contributed by atoms with van der Waals surface area (Å²) in [6, 6.07) is 14.6. The van der Waals surface area contributed by atoms with Crippen LogP contribution in [-0.4, -0.2) is 29.0 Å². The van der Waals surface area contributed by atoms with Gasteiger partial charge in [0.2, 0.25) is 5.91 Å². The minimum atomic E-state index is -0.835. The molecule has 134 valence electrons. The lowest BCUT2D eigenvalue weighted by molar-refractivity contribution is -0.117. The molecule has 0 bridgehead atoms. The van der Waals surface area contributed by atoms with E-state index < -0.39 is 11.3 Å². The zero-order chi connectivity index (χ0) is 18.8. The molecule has 0 spiro atoms. The van der Waals surface area contributed by atoms with Gasteiger partial charge in [0, 0.05) is 5.69 Å². The summed E-state index contributed by atoms with van der Waals surface area (Å²) in [6.07, 6.45) is 0. The molecule has 0 aliphatic carbocycles. The van der Waals surface area contributed by atoms with Crippen LogP contribution in [0.5, 0.6) is 0 Å². The van der Waals surface area contributed by atoms with Crippen molar-refractivity contribution in [3.8, 4) is 0 Å². The number of rotatable bonds is 5. The lowest BCUT2D eigenvalue weighted by atomic mass is 10.2. The first kappa shape index (κ1) is 18.0. The second-order valence-electron chi connectivity index (χ2n) is 6.18. The molecule has 1 unspecified atom stereocenters. The summed E-state index contributed by atoms with van der Waals surface area (Å²) in [4.78, 5) is 39.8. The molecule has 1 heterocycles. The molecule has 2 aromatic carbocycles. The molecule has 3 amide bonds. The highest BCUT2D eigenvalue weighted by Crippen LogP contribution is 2.35. The van der Waals surface area contributed by atoms with Crippen molar-refractivity contribution >= 4 is 40.2 Å². The van der Waals surface area contributed by atoms with E-state index in [1.807, 2.05) is 44.2 Å². The van der Waals surface area contributed by atoms with Crippen molar-refractivity contribution in [1.82, 2.24) is 0 Å². The first-order valence-electron chi connectivity index (χ1n) is 8.09. The Hall–Kier alpha value is -2.80. The van der Waals surface area contributed by atoms with E-state index in [1.54, 1.807) is 23.1 Å². The number of imide groups is 1. The molecule has 2 N–H and O–H groups in total. The predicted octanol–water partition coefficient (Wildman–Crippen LogP) is 2.82. The van der Waals surface area contributed by atoms with Crippen molar-refractivity contribution in [2.24, 2.45) is 5.73 Å². The third kappa shape index (κ3) is 3.57. The fourth-order valence-corrected chi connectivity index (χ4v) is 3.83. The van der Waals surface area contributed by atoms with E-state index >= 15 is 0 Å². The van der Waals surface area contributed by atoms with E-state index in [1.165, 1.54) is 0 Å². The zero-order valence-corrected chi connectivity index (χ0v) is 15.3. The van der Waals surface area contributed by atoms with Crippen molar-refractivity contribution < 1.29 is 14.4 Å². The lowest BCUT2D eigenvalue weighted by Gasteiger charge is -2.27. The van der Waals surface area contributed by atoms with Crippen molar-refractivity contribution in [2.45, 2.75) is 19.2 Å². The average Bonchev–Trinajstić information content (AvgIpc) is 2.88. The predicted molar refractivity (Wildman–Crippen MR) is 103 cm³/mol. The maximum atomic E-state index is 13.0. The van der Waals surface area contributed by atoms with Gasteiger partial charge < -0.3 is 10.6 Å². The standard InChI is InChI=1S/C19H19N3O3S/c1-12-6-8-14(9-7-12)22-17(24)18(26-19(22)25)21(11-16(20)23)15-5-3-4-13(2)10-15/h3-10,18H,11H2,1-2H3,(H2,20,23). The molecule has 26 heavy (non-hydrogen) atoms. The number of aryl methyl sites for hydroxylation is 2. The molecule has 1 atom stereocenters. The number of amides is 3. The first-order chi connectivity index (χ1) is 12.4. The zero-order valence-electron chi connectivity index (χ0n) is 14.5. The van der Waals surface area contributed by atoms with Crippen LogP contribution in [0.2, 0.25) is 0 Å². The van der Waals surface area contributed by atoms with Gasteiger partial charge in [-0.1, -0.05) is 29.8 Å². The Morgan fingerprint density at radius 1 is 1.12 bits per heavy atom. The van der Waals surface area contributed by atoms with Crippen LogP contribution in [0.15, 0.2) is 48.5 Å². The van der Waals surface area contributed by atoms with Crippen LogP contribution < -0.4 is 15.5 Å². The van der Waals surface area contributed by atoms with Gasteiger partial charge >= 0.3 is 0 Å². The molecule has 1 fully saturated rings. The topological polar surface area (TPSA) is 83.7 Å². The Balaban J connectivity index is 1.95. The summed E-state index contributed by atoms with van der Waals surface area (Å²) in [7, 11) is 0. The minimum Gasteiger partial charge on any atom is -0.368 e. The van der Waals surface area contributed by atoms with Crippen LogP contribution in [0.4, 0.5) is 16.2 Å². The van der Waals surface area contributed by atoms with Gasteiger partial charge in [-0.05, 0) is 55.4 Å². The number of hydrogen-bond donors (Lipinski definition) is 1. The summed E-state index contributed by atoms with van der Waals surface area (Å²) in [5.41, 5.74) is 8.59. The van der Waals surface area contributed by atoms with Crippen molar-refractivity contribution in [3.63, 3.8) is 0 Å². The molecular weight excluding hydrogens is 350 g/mol. The minimum absolute atomic E-state index is 0.151. The van der Waals surface area contributed by atoms with E-state index in [0.717, 1.165) is 27.8 Å². The second-order valence-corrected chi connectivity index (χ2v) is 7.21. The van der Waals surface area contributed by atoms with Gasteiger partial charge in [0.25, 0.3) is 11.1 Å². The molecule has 0 saturated carbocycles. The summed E-state index contributed by atoms with van der Waals surface area (Å²) in [6.45, 7) is 3.70. The number of thioether (sulfide) groups is 1. The van der Waals surface area contributed by atoms with Gasteiger partial charge in [-0.2, -0.15) is 0 Å². The smallest absolute Gasteiger partial charge is 0.295 e. The molecular formula is C19H19N3O3S. The molecule has 1 aliphatic rings. The van der Waals surface area contributed by atoms with Crippen molar-refractivity contribution in [1.29, 1.82) is 0 Å². The van der Waals surface area contributed by atoms with Crippen LogP contribution in [0.1, 0.15) is 11.1 Å². The van der Waals surface area contributed by atoms with Crippen LogP contribution in [0.25, 0.3) is 0 Å². The Morgan fingerprint density at radius 3 is 2.42 bits per heavy atom. The highest BCUT2D eigenvalue weighted by atomic mass is 32.2. The van der Waals surface area contributed by atoms with E-state index in [9.17, 15) is 14.4 Å². The summed E-state index contributed by atoms with van der Waals surface area (Å²) < 4.78 is 0. The lowest BCUT2D eigenvalue weighted by Crippen LogP contribution is -2.45. The number of primary amides is 1. The summed E-state index contributed by atoms with van der Waals surface area (Å²) in [5, 5.41) is -1.20. The van der Waals surface area contributed by atoms with E-state index in [2.05, 4.69) is 0 Å². The van der Waals surface area contributed by atoms with Crippen molar-refractivity contribution in [3.05, 3.63) is 59.7 Å². The van der Waals surface area contributed by atoms with E-state index in [0.29, 0.717) is 11.4 Å². The van der Waals surface area contributed by atoms with Gasteiger partial charge in [-0.25, -0.2) is 4.90 Å². The number of nitrogens with two attached hydrogens (primary N) is 1. The largest absolute Gasteiger partial charge is 0.368 e. The van der Waals surface area contributed by atoms with Crippen LogP contribution in [0.3, 0.4) is 0 Å². The number of hydrogen-bond acceptors (Lipinski definition) is 5. The van der Waals surface area contributed by atoms with Crippen LogP contribution in [-0.2, 0) is 9.59 Å². The van der Waals surface area contributed by atoms with E-state index in [4.69, 9.17) is 5.73 Å². The van der Waals surface area contributed by atoms with Crippen LogP contribution >= 0.6 is 11.8 Å². The molecule has 0 radical (unpaired) electrons. The fourth-order valence-electron chi connectivity index (χ4n) is 2.81. The Labute approximate surface area is 156 Å². The maximum Gasteiger partial charge on any atom is 0.295 e. The SMILES string of the molecule is Cc1ccc(N2C(=O)SC(N(CC(N)=O)c3cccc(C)c3)C2=O)cc1. The Bertz CT molecular complexity index is 867. The number of carbonyl (C=O) groups excluding carboxylic acids is 3. The van der Waals surface area contributed by atoms with Gasteiger partial charge in [-0.15, -0.1) is 0 Å². The van der Waals surface area contributed by atoms with Crippen LogP contribution in [0, 0.1) is 13.8 Å². The molecule has 7 heteroatoms. The molecule has 0 aromatic heterocycles. The first-order valence-corrected chi connectivity index (χ1v) is 8.97. The quantitative estimate of drug-likeness (QED) is 0.876. The third-order valence-electron chi connectivity index (χ3n) is 4.06. The molecule has 2 aromatic rings. The Kier molecular flexibility index (Phi) is 4.99. The second kappa shape index (κ2) is 7.21. The summed E-state index contributed by atoms with van der Waals surface area (Å²) >= 11 is 0.887.